The summed E-state index contributed by atoms with van der Waals surface area (Å²) in [7, 11) is 0. The van der Waals surface area contributed by atoms with Gasteiger partial charge in [-0.25, -0.2) is 9.97 Å². The van der Waals surface area contributed by atoms with Crippen LogP contribution in [0.3, 0.4) is 0 Å². The van der Waals surface area contributed by atoms with Crippen molar-refractivity contribution in [2.75, 3.05) is 0 Å². The molecule has 3 aromatic rings. The fraction of sp³-hybridized carbons (Fsp3) is 0. The Morgan fingerprint density at radius 2 is 1.05 bits per heavy atom. The van der Waals surface area contributed by atoms with Crippen molar-refractivity contribution in [3.05, 3.63) is 71.0 Å². The van der Waals surface area contributed by atoms with E-state index in [9.17, 15) is 0 Å². The molecule has 3 rings (SSSR count). The standard InChI is InChI=1S/C16H10Cl2N2/c17-14-13(11-7-3-1-4-8-11)15(18)20-16(19-14)12-9-5-2-6-10-12/h1-10H. The lowest BCUT2D eigenvalue weighted by Gasteiger charge is -2.08. The van der Waals surface area contributed by atoms with Crippen LogP contribution in [0.25, 0.3) is 22.5 Å². The molecule has 98 valence electrons. The molecule has 0 spiro atoms. The predicted octanol–water partition coefficient (Wildman–Crippen LogP) is 5.12. The van der Waals surface area contributed by atoms with Gasteiger partial charge in [-0.05, 0) is 5.56 Å². The fourth-order valence-electron chi connectivity index (χ4n) is 1.97. The molecule has 1 heterocycles. The summed E-state index contributed by atoms with van der Waals surface area (Å²) in [5, 5.41) is 0.713. The monoisotopic (exact) mass is 300 g/mol. The van der Waals surface area contributed by atoms with Crippen molar-refractivity contribution in [2.24, 2.45) is 0 Å². The molecule has 0 N–H and O–H groups in total. The van der Waals surface area contributed by atoms with Crippen LogP contribution in [0, 0.1) is 0 Å². The van der Waals surface area contributed by atoms with E-state index in [-0.39, 0.29) is 0 Å². The van der Waals surface area contributed by atoms with Gasteiger partial charge in [-0.1, -0.05) is 83.9 Å². The van der Waals surface area contributed by atoms with Crippen LogP contribution in [0.1, 0.15) is 0 Å². The van der Waals surface area contributed by atoms with E-state index in [0.717, 1.165) is 11.1 Å². The smallest absolute Gasteiger partial charge is 0.162 e. The first-order valence-electron chi connectivity index (χ1n) is 6.09. The first-order valence-corrected chi connectivity index (χ1v) is 6.85. The molecule has 0 saturated heterocycles. The molecule has 0 aliphatic rings. The van der Waals surface area contributed by atoms with Gasteiger partial charge in [-0.15, -0.1) is 0 Å². The summed E-state index contributed by atoms with van der Waals surface area (Å²) in [6, 6.07) is 19.3. The van der Waals surface area contributed by atoms with E-state index in [1.165, 1.54) is 0 Å². The third-order valence-electron chi connectivity index (χ3n) is 2.92. The topological polar surface area (TPSA) is 25.8 Å². The van der Waals surface area contributed by atoms with Gasteiger partial charge in [-0.3, -0.25) is 0 Å². The molecule has 0 saturated carbocycles. The SMILES string of the molecule is Clc1nc(-c2ccccc2)nc(Cl)c1-c1ccccc1. The lowest BCUT2D eigenvalue weighted by molar-refractivity contribution is 1.18. The Hall–Kier alpha value is -1.90. The molecule has 0 radical (unpaired) electrons. The van der Waals surface area contributed by atoms with Crippen molar-refractivity contribution in [2.45, 2.75) is 0 Å². The highest BCUT2D eigenvalue weighted by Gasteiger charge is 2.14. The molecule has 2 aromatic carbocycles. The summed E-state index contributed by atoms with van der Waals surface area (Å²) in [6.07, 6.45) is 0. The van der Waals surface area contributed by atoms with Crippen molar-refractivity contribution in [1.29, 1.82) is 0 Å². The van der Waals surface area contributed by atoms with E-state index in [2.05, 4.69) is 9.97 Å². The van der Waals surface area contributed by atoms with Crippen molar-refractivity contribution in [3.8, 4) is 22.5 Å². The largest absolute Gasteiger partial charge is 0.216 e. The average Bonchev–Trinajstić information content (AvgIpc) is 2.48. The molecule has 4 heteroatoms. The molecular weight excluding hydrogens is 291 g/mol. The first kappa shape index (κ1) is 13.1. The van der Waals surface area contributed by atoms with Crippen LogP contribution in [0.15, 0.2) is 60.7 Å². The molecular formula is C16H10Cl2N2. The third-order valence-corrected chi connectivity index (χ3v) is 3.46. The lowest BCUT2D eigenvalue weighted by atomic mass is 10.1. The number of aromatic nitrogens is 2. The van der Waals surface area contributed by atoms with E-state index in [1.807, 2.05) is 60.7 Å². The predicted molar refractivity (Wildman–Crippen MR) is 82.9 cm³/mol. The second kappa shape index (κ2) is 5.61. The maximum absolute atomic E-state index is 6.28. The highest BCUT2D eigenvalue weighted by molar-refractivity contribution is 6.37. The minimum absolute atomic E-state index is 0.357. The Balaban J connectivity index is 2.13. The molecule has 0 atom stereocenters. The van der Waals surface area contributed by atoms with Gasteiger partial charge in [0.25, 0.3) is 0 Å². The Labute approximate surface area is 127 Å². The van der Waals surface area contributed by atoms with Gasteiger partial charge in [0.05, 0.1) is 5.56 Å². The summed E-state index contributed by atoms with van der Waals surface area (Å²) in [5.41, 5.74) is 2.45. The van der Waals surface area contributed by atoms with Crippen LogP contribution >= 0.6 is 23.2 Å². The zero-order valence-corrected chi connectivity index (χ0v) is 11.9. The Kier molecular flexibility index (Phi) is 3.68. The molecule has 0 fully saturated rings. The molecule has 2 nitrogen and oxygen atoms in total. The summed E-state index contributed by atoms with van der Waals surface area (Å²) in [4.78, 5) is 8.70. The Bertz CT molecular complexity index is 705. The maximum atomic E-state index is 6.28. The quantitative estimate of drug-likeness (QED) is 0.614. The zero-order chi connectivity index (χ0) is 13.9. The lowest BCUT2D eigenvalue weighted by Crippen LogP contribution is -1.94. The van der Waals surface area contributed by atoms with E-state index in [4.69, 9.17) is 23.2 Å². The summed E-state index contributed by atoms with van der Waals surface area (Å²) in [5.74, 6) is 0.528. The van der Waals surface area contributed by atoms with Crippen molar-refractivity contribution in [1.82, 2.24) is 9.97 Å². The number of rotatable bonds is 2. The van der Waals surface area contributed by atoms with Gasteiger partial charge < -0.3 is 0 Å². The minimum atomic E-state index is 0.357. The normalized spacial score (nSPS) is 10.5. The van der Waals surface area contributed by atoms with Gasteiger partial charge >= 0.3 is 0 Å². The molecule has 0 aliphatic carbocycles. The number of halogens is 2. The number of benzene rings is 2. The summed E-state index contributed by atoms with van der Waals surface area (Å²) < 4.78 is 0. The highest BCUT2D eigenvalue weighted by atomic mass is 35.5. The molecule has 0 unspecified atom stereocenters. The fourth-order valence-corrected chi connectivity index (χ4v) is 2.57. The van der Waals surface area contributed by atoms with Crippen molar-refractivity contribution >= 4 is 23.2 Å². The van der Waals surface area contributed by atoms with E-state index in [1.54, 1.807) is 0 Å². The summed E-state index contributed by atoms with van der Waals surface area (Å²) >= 11 is 12.6. The molecule has 0 amide bonds. The van der Waals surface area contributed by atoms with E-state index in [0.29, 0.717) is 21.7 Å². The summed E-state index contributed by atoms with van der Waals surface area (Å²) in [6.45, 7) is 0. The van der Waals surface area contributed by atoms with E-state index >= 15 is 0 Å². The molecule has 0 aliphatic heterocycles. The molecule has 20 heavy (non-hydrogen) atoms. The average molecular weight is 301 g/mol. The Morgan fingerprint density at radius 3 is 1.55 bits per heavy atom. The van der Waals surface area contributed by atoms with Crippen LogP contribution in [0.5, 0.6) is 0 Å². The van der Waals surface area contributed by atoms with E-state index < -0.39 is 0 Å². The van der Waals surface area contributed by atoms with Gasteiger partial charge in [0.1, 0.15) is 10.3 Å². The van der Waals surface area contributed by atoms with Crippen LogP contribution in [-0.4, -0.2) is 9.97 Å². The zero-order valence-electron chi connectivity index (χ0n) is 10.4. The van der Waals surface area contributed by atoms with Crippen LogP contribution in [0.2, 0.25) is 10.3 Å². The van der Waals surface area contributed by atoms with Gasteiger partial charge in [0.2, 0.25) is 0 Å². The maximum Gasteiger partial charge on any atom is 0.162 e. The third kappa shape index (κ3) is 2.53. The van der Waals surface area contributed by atoms with Gasteiger partial charge in [0.15, 0.2) is 5.82 Å². The van der Waals surface area contributed by atoms with Gasteiger partial charge in [-0.2, -0.15) is 0 Å². The number of hydrogen-bond donors (Lipinski definition) is 0. The van der Waals surface area contributed by atoms with Crippen LogP contribution in [0.4, 0.5) is 0 Å². The molecule has 1 aromatic heterocycles. The second-order valence-corrected chi connectivity index (χ2v) is 4.95. The molecule has 0 bridgehead atoms. The number of nitrogens with zero attached hydrogens (tertiary/aromatic N) is 2. The van der Waals surface area contributed by atoms with Crippen molar-refractivity contribution in [3.63, 3.8) is 0 Å². The number of hydrogen-bond acceptors (Lipinski definition) is 2. The minimum Gasteiger partial charge on any atom is -0.216 e. The first-order chi connectivity index (χ1) is 9.75. The van der Waals surface area contributed by atoms with Gasteiger partial charge in [0, 0.05) is 5.56 Å². The second-order valence-electron chi connectivity index (χ2n) is 4.24. The van der Waals surface area contributed by atoms with Crippen LogP contribution < -0.4 is 0 Å². The Morgan fingerprint density at radius 1 is 0.600 bits per heavy atom. The van der Waals surface area contributed by atoms with Crippen molar-refractivity contribution < 1.29 is 0 Å². The van der Waals surface area contributed by atoms with Crippen LogP contribution in [-0.2, 0) is 0 Å². The highest BCUT2D eigenvalue weighted by Crippen LogP contribution is 2.33.